The Labute approximate surface area is 183 Å². The standard InChI is InChI=1S/C21H17F4N5O3/c22-12-2-1-3-15-18(12)20(19(32)30(15)9-16(31)26-10-21(23,24)25)6-11(7-20)33-17-5-4-13-14(28-17)8-27-29-13/h1-5,8,11H,6-7,9-10H2,(H,26,31)(H,27,29). The number of halogens is 4. The summed E-state index contributed by atoms with van der Waals surface area (Å²) in [5.74, 6) is -1.82. The number of amides is 2. The van der Waals surface area contributed by atoms with Crippen molar-refractivity contribution in [3.63, 3.8) is 0 Å². The molecule has 1 spiro atoms. The summed E-state index contributed by atoms with van der Waals surface area (Å²) in [7, 11) is 0. The number of ether oxygens (including phenoxy) is 1. The number of anilines is 1. The van der Waals surface area contributed by atoms with Crippen LogP contribution in [0.3, 0.4) is 0 Å². The zero-order chi connectivity index (χ0) is 23.4. The smallest absolute Gasteiger partial charge is 0.405 e. The van der Waals surface area contributed by atoms with Crippen molar-refractivity contribution >= 4 is 28.5 Å². The largest absolute Gasteiger partial charge is 0.474 e. The van der Waals surface area contributed by atoms with Crippen LogP contribution in [0.25, 0.3) is 11.0 Å². The lowest BCUT2D eigenvalue weighted by Crippen LogP contribution is -2.55. The van der Waals surface area contributed by atoms with Gasteiger partial charge in [0.25, 0.3) is 0 Å². The van der Waals surface area contributed by atoms with Crippen LogP contribution < -0.4 is 15.0 Å². The van der Waals surface area contributed by atoms with Crippen LogP contribution in [0, 0.1) is 5.82 Å². The third kappa shape index (κ3) is 3.64. The Balaban J connectivity index is 1.34. The van der Waals surface area contributed by atoms with Gasteiger partial charge in [-0.3, -0.25) is 14.7 Å². The summed E-state index contributed by atoms with van der Waals surface area (Å²) < 4.78 is 57.9. The number of pyridine rings is 1. The van der Waals surface area contributed by atoms with Crippen LogP contribution in [-0.4, -0.2) is 52.4 Å². The minimum Gasteiger partial charge on any atom is -0.474 e. The predicted molar refractivity (Wildman–Crippen MR) is 107 cm³/mol. The molecule has 0 saturated heterocycles. The quantitative estimate of drug-likeness (QED) is 0.567. The number of aromatic amines is 1. The highest BCUT2D eigenvalue weighted by atomic mass is 19.4. The molecule has 5 rings (SSSR count). The molecule has 3 heterocycles. The maximum Gasteiger partial charge on any atom is 0.405 e. The van der Waals surface area contributed by atoms with Crippen LogP contribution in [0.2, 0.25) is 0 Å². The summed E-state index contributed by atoms with van der Waals surface area (Å²) in [6.07, 6.45) is -3.19. The Bertz CT molecular complexity index is 1250. The van der Waals surface area contributed by atoms with Gasteiger partial charge in [-0.2, -0.15) is 18.3 Å². The second-order valence-corrected chi connectivity index (χ2v) is 8.10. The van der Waals surface area contributed by atoms with E-state index in [0.29, 0.717) is 11.4 Å². The van der Waals surface area contributed by atoms with Crippen LogP contribution in [0.5, 0.6) is 5.88 Å². The fourth-order valence-electron chi connectivity index (χ4n) is 4.47. The zero-order valence-corrected chi connectivity index (χ0v) is 16.9. The van der Waals surface area contributed by atoms with Gasteiger partial charge in [0, 0.05) is 24.5 Å². The van der Waals surface area contributed by atoms with Gasteiger partial charge in [-0.05, 0) is 18.2 Å². The summed E-state index contributed by atoms with van der Waals surface area (Å²) in [5.41, 5.74) is 0.407. The highest BCUT2D eigenvalue weighted by Gasteiger charge is 2.61. The molecule has 33 heavy (non-hydrogen) atoms. The van der Waals surface area contributed by atoms with E-state index in [0.717, 1.165) is 10.4 Å². The first kappa shape index (κ1) is 21.2. The molecule has 12 heteroatoms. The number of H-pyrrole nitrogens is 1. The molecule has 2 N–H and O–H groups in total. The molecule has 0 unspecified atom stereocenters. The minimum atomic E-state index is -4.58. The molecule has 2 aliphatic rings. The number of nitrogens with zero attached hydrogens (tertiary/aromatic N) is 3. The molecule has 8 nitrogen and oxygen atoms in total. The van der Waals surface area contributed by atoms with Crippen molar-refractivity contribution in [3.8, 4) is 5.88 Å². The first-order valence-electron chi connectivity index (χ1n) is 10.1. The third-order valence-electron chi connectivity index (χ3n) is 5.91. The average Bonchev–Trinajstić information content (AvgIpc) is 3.28. The SMILES string of the molecule is O=C(CN1C(=O)C2(CC(Oc3ccc4[nH]ncc4n3)C2)c2c(F)cccc21)NCC(F)(F)F. The number of nitrogens with one attached hydrogen (secondary N) is 2. The molecule has 1 aliphatic heterocycles. The van der Waals surface area contributed by atoms with E-state index in [1.54, 1.807) is 17.4 Å². The lowest BCUT2D eigenvalue weighted by atomic mass is 9.63. The Morgan fingerprint density at radius 3 is 2.82 bits per heavy atom. The number of carbonyl (C=O) groups excluding carboxylic acids is 2. The number of fused-ring (bicyclic) bond motifs is 3. The molecule has 0 radical (unpaired) electrons. The van der Waals surface area contributed by atoms with Gasteiger partial charge in [0.15, 0.2) is 0 Å². The summed E-state index contributed by atoms with van der Waals surface area (Å²) in [4.78, 5) is 30.7. The van der Waals surface area contributed by atoms with Gasteiger partial charge >= 0.3 is 6.18 Å². The van der Waals surface area contributed by atoms with Crippen LogP contribution in [0.15, 0.2) is 36.5 Å². The number of rotatable bonds is 5. The first-order valence-corrected chi connectivity index (χ1v) is 10.1. The Kier molecular flexibility index (Phi) is 4.76. The monoisotopic (exact) mass is 463 g/mol. The molecular weight excluding hydrogens is 446 g/mol. The maximum atomic E-state index is 14.8. The van der Waals surface area contributed by atoms with E-state index in [1.165, 1.54) is 24.4 Å². The third-order valence-corrected chi connectivity index (χ3v) is 5.91. The molecule has 1 aliphatic carbocycles. The number of benzene rings is 1. The van der Waals surface area contributed by atoms with Crippen LogP contribution in [0.1, 0.15) is 18.4 Å². The van der Waals surface area contributed by atoms with Crippen molar-refractivity contribution in [1.29, 1.82) is 0 Å². The van der Waals surface area contributed by atoms with Gasteiger partial charge in [-0.1, -0.05) is 6.07 Å². The van der Waals surface area contributed by atoms with E-state index < -0.39 is 48.4 Å². The van der Waals surface area contributed by atoms with E-state index in [4.69, 9.17) is 4.74 Å². The van der Waals surface area contributed by atoms with Gasteiger partial charge in [-0.15, -0.1) is 0 Å². The van der Waals surface area contributed by atoms with Gasteiger partial charge in [0.2, 0.25) is 17.7 Å². The molecule has 2 amide bonds. The molecule has 0 bridgehead atoms. The molecule has 1 saturated carbocycles. The minimum absolute atomic E-state index is 0.136. The van der Waals surface area contributed by atoms with Crippen molar-refractivity contribution in [1.82, 2.24) is 20.5 Å². The highest BCUT2D eigenvalue weighted by Crippen LogP contribution is 2.55. The van der Waals surface area contributed by atoms with Gasteiger partial charge in [0.05, 0.1) is 22.8 Å². The van der Waals surface area contributed by atoms with Crippen molar-refractivity contribution in [2.75, 3.05) is 18.0 Å². The fraction of sp³-hybridized carbons (Fsp3) is 0.333. The summed E-state index contributed by atoms with van der Waals surface area (Å²) >= 11 is 0. The zero-order valence-electron chi connectivity index (χ0n) is 16.9. The molecule has 3 aromatic rings. The number of alkyl halides is 3. The Morgan fingerprint density at radius 1 is 1.27 bits per heavy atom. The lowest BCUT2D eigenvalue weighted by molar-refractivity contribution is -0.138. The summed E-state index contributed by atoms with van der Waals surface area (Å²) in [6.45, 7) is -2.16. The van der Waals surface area contributed by atoms with E-state index >= 15 is 0 Å². The van der Waals surface area contributed by atoms with Crippen molar-refractivity contribution in [2.45, 2.75) is 30.5 Å². The lowest BCUT2D eigenvalue weighted by Gasteiger charge is -2.43. The number of aromatic nitrogens is 3. The second kappa shape index (κ2) is 7.42. The molecule has 2 aromatic heterocycles. The van der Waals surface area contributed by atoms with Crippen LogP contribution in [-0.2, 0) is 15.0 Å². The maximum absolute atomic E-state index is 14.8. The highest BCUT2D eigenvalue weighted by molar-refractivity contribution is 6.11. The first-order chi connectivity index (χ1) is 15.7. The van der Waals surface area contributed by atoms with E-state index in [9.17, 15) is 27.2 Å². The normalized spacial score (nSPS) is 21.9. The van der Waals surface area contributed by atoms with Crippen molar-refractivity contribution in [3.05, 3.63) is 47.9 Å². The predicted octanol–water partition coefficient (Wildman–Crippen LogP) is 2.60. The van der Waals surface area contributed by atoms with E-state index in [-0.39, 0.29) is 24.1 Å². The van der Waals surface area contributed by atoms with Gasteiger partial charge in [-0.25, -0.2) is 9.37 Å². The molecule has 1 aromatic carbocycles. The van der Waals surface area contributed by atoms with Crippen molar-refractivity contribution in [2.24, 2.45) is 0 Å². The number of hydrogen-bond acceptors (Lipinski definition) is 5. The topological polar surface area (TPSA) is 100 Å². The number of carbonyl (C=O) groups is 2. The summed E-state index contributed by atoms with van der Waals surface area (Å²) in [5, 5.41) is 8.40. The van der Waals surface area contributed by atoms with E-state index in [2.05, 4.69) is 15.2 Å². The van der Waals surface area contributed by atoms with Crippen LogP contribution >= 0.6 is 0 Å². The van der Waals surface area contributed by atoms with Crippen molar-refractivity contribution < 1.29 is 31.9 Å². The van der Waals surface area contributed by atoms with Gasteiger partial charge in [0.1, 0.15) is 30.5 Å². The Morgan fingerprint density at radius 2 is 2.06 bits per heavy atom. The summed E-state index contributed by atoms with van der Waals surface area (Å²) in [6, 6.07) is 7.47. The molecule has 1 fully saturated rings. The molecular formula is C21H17F4N5O3. The number of hydrogen-bond donors (Lipinski definition) is 2. The van der Waals surface area contributed by atoms with Gasteiger partial charge < -0.3 is 15.0 Å². The van der Waals surface area contributed by atoms with Crippen LogP contribution in [0.4, 0.5) is 23.2 Å². The second-order valence-electron chi connectivity index (χ2n) is 8.10. The molecule has 172 valence electrons. The fourth-order valence-corrected chi connectivity index (χ4v) is 4.47. The molecule has 0 atom stereocenters. The Hall–Kier alpha value is -3.70. The average molecular weight is 463 g/mol. The van der Waals surface area contributed by atoms with E-state index in [1.807, 2.05) is 0 Å².